The van der Waals surface area contributed by atoms with Gasteiger partial charge in [-0.3, -0.25) is 9.78 Å². The van der Waals surface area contributed by atoms with Crippen LogP contribution in [0.3, 0.4) is 0 Å². The minimum atomic E-state index is -0.0121. The van der Waals surface area contributed by atoms with Gasteiger partial charge in [0.15, 0.2) is 12.3 Å². The first-order valence-corrected chi connectivity index (χ1v) is 7.82. The van der Waals surface area contributed by atoms with E-state index in [-0.39, 0.29) is 5.91 Å². The number of amides is 1. The molecule has 3 aromatic rings. The second-order valence-corrected chi connectivity index (χ2v) is 5.89. The first kappa shape index (κ1) is 16.0. The van der Waals surface area contributed by atoms with E-state index in [1.54, 1.807) is 6.20 Å². The van der Waals surface area contributed by atoms with E-state index in [1.807, 2.05) is 68.7 Å². The van der Waals surface area contributed by atoms with Gasteiger partial charge in [-0.15, -0.1) is 0 Å². The summed E-state index contributed by atoms with van der Waals surface area (Å²) in [4.78, 5) is 17.2. The summed E-state index contributed by atoms with van der Waals surface area (Å²) >= 11 is 0. The number of anilines is 1. The van der Waals surface area contributed by atoms with E-state index < -0.39 is 0 Å². The highest BCUT2D eigenvalue weighted by molar-refractivity contribution is 5.91. The molecule has 5 heteroatoms. The predicted octanol–water partition coefficient (Wildman–Crippen LogP) is 2.11. The van der Waals surface area contributed by atoms with Crippen molar-refractivity contribution in [3.05, 3.63) is 60.8 Å². The molecule has 3 rings (SSSR count). The number of hydrogen-bond donors (Lipinski definition) is 2. The molecule has 1 heterocycles. The first-order chi connectivity index (χ1) is 11.6. The minimum Gasteiger partial charge on any atom is -0.455 e. The summed E-state index contributed by atoms with van der Waals surface area (Å²) < 4.78 is 5.94. The molecule has 0 fully saturated rings. The van der Waals surface area contributed by atoms with Gasteiger partial charge in [0.1, 0.15) is 11.3 Å². The third-order valence-electron chi connectivity index (χ3n) is 3.48. The monoisotopic (exact) mass is 322 g/mol. The number of quaternary nitrogens is 1. The number of para-hydroxylation sites is 1. The van der Waals surface area contributed by atoms with Crippen molar-refractivity contribution >= 4 is 22.5 Å². The van der Waals surface area contributed by atoms with Crippen LogP contribution in [0.1, 0.15) is 0 Å². The Morgan fingerprint density at radius 3 is 2.58 bits per heavy atom. The number of rotatable bonds is 5. The zero-order chi connectivity index (χ0) is 16.9. The summed E-state index contributed by atoms with van der Waals surface area (Å²) in [5.41, 5.74) is 1.58. The Hall–Kier alpha value is -2.92. The van der Waals surface area contributed by atoms with Gasteiger partial charge in [0.05, 0.1) is 14.1 Å². The van der Waals surface area contributed by atoms with Gasteiger partial charge in [0.2, 0.25) is 0 Å². The van der Waals surface area contributed by atoms with Crippen molar-refractivity contribution < 1.29 is 14.4 Å². The average Bonchev–Trinajstić information content (AvgIpc) is 2.56. The van der Waals surface area contributed by atoms with E-state index in [1.165, 1.54) is 0 Å². The van der Waals surface area contributed by atoms with Crippen LogP contribution >= 0.6 is 0 Å². The number of carbonyl (C=O) groups excluding carboxylic acids is 1. The van der Waals surface area contributed by atoms with Gasteiger partial charge in [-0.1, -0.05) is 18.2 Å². The zero-order valence-electron chi connectivity index (χ0n) is 13.7. The second-order valence-electron chi connectivity index (χ2n) is 5.89. The zero-order valence-corrected chi connectivity index (χ0v) is 13.7. The molecule has 0 saturated heterocycles. The quantitative estimate of drug-likeness (QED) is 0.756. The Bertz CT molecular complexity index is 839. The molecule has 0 unspecified atom stereocenters. The van der Waals surface area contributed by atoms with Crippen LogP contribution in [0.2, 0.25) is 0 Å². The molecule has 0 saturated carbocycles. The molecular weight excluding hydrogens is 302 g/mol. The molecule has 0 radical (unpaired) electrons. The lowest BCUT2D eigenvalue weighted by Crippen LogP contribution is -3.06. The van der Waals surface area contributed by atoms with Crippen LogP contribution in [0.5, 0.6) is 11.5 Å². The number of hydrogen-bond acceptors (Lipinski definition) is 3. The molecule has 2 aromatic carbocycles. The Kier molecular flexibility index (Phi) is 4.72. The maximum atomic E-state index is 11.8. The van der Waals surface area contributed by atoms with Crippen LogP contribution in [0.15, 0.2) is 60.8 Å². The number of carbonyl (C=O) groups is 1. The summed E-state index contributed by atoms with van der Waals surface area (Å²) in [7, 11) is 3.88. The molecule has 1 amide bonds. The maximum absolute atomic E-state index is 11.8. The molecule has 2 N–H and O–H groups in total. The van der Waals surface area contributed by atoms with Gasteiger partial charge in [-0.25, -0.2) is 0 Å². The fourth-order valence-electron chi connectivity index (χ4n) is 2.42. The molecule has 122 valence electrons. The van der Waals surface area contributed by atoms with Gasteiger partial charge in [0.25, 0.3) is 5.91 Å². The van der Waals surface area contributed by atoms with E-state index in [4.69, 9.17) is 4.74 Å². The van der Waals surface area contributed by atoms with Gasteiger partial charge in [-0.05, 0) is 36.4 Å². The molecule has 0 spiro atoms. The number of pyridine rings is 1. The summed E-state index contributed by atoms with van der Waals surface area (Å²) in [6.45, 7) is 0.430. The number of nitrogens with one attached hydrogen (secondary N) is 2. The Labute approximate surface area is 140 Å². The molecule has 0 atom stereocenters. The highest BCUT2D eigenvalue weighted by Gasteiger charge is 2.07. The predicted molar refractivity (Wildman–Crippen MR) is 94.6 cm³/mol. The van der Waals surface area contributed by atoms with Gasteiger partial charge >= 0.3 is 0 Å². The highest BCUT2D eigenvalue weighted by Crippen LogP contribution is 2.28. The topological polar surface area (TPSA) is 55.7 Å². The fraction of sp³-hybridized carbons (Fsp3) is 0.158. The van der Waals surface area contributed by atoms with Crippen LogP contribution in [-0.2, 0) is 4.79 Å². The van der Waals surface area contributed by atoms with Crippen molar-refractivity contribution in [2.45, 2.75) is 0 Å². The number of nitrogens with zero attached hydrogens (tertiary/aromatic N) is 1. The normalized spacial score (nSPS) is 10.8. The fourth-order valence-corrected chi connectivity index (χ4v) is 2.42. The lowest BCUT2D eigenvalue weighted by Gasteiger charge is -2.10. The van der Waals surface area contributed by atoms with Gasteiger partial charge < -0.3 is 15.0 Å². The number of aromatic nitrogens is 1. The van der Waals surface area contributed by atoms with Gasteiger partial charge in [0, 0.05) is 17.3 Å². The largest absolute Gasteiger partial charge is 0.455 e. The van der Waals surface area contributed by atoms with Crippen LogP contribution in [0.25, 0.3) is 10.9 Å². The molecule has 5 nitrogen and oxygen atoms in total. The summed E-state index contributed by atoms with van der Waals surface area (Å²) in [5.74, 6) is 1.40. The van der Waals surface area contributed by atoms with E-state index in [0.717, 1.165) is 21.5 Å². The van der Waals surface area contributed by atoms with Crippen molar-refractivity contribution in [3.63, 3.8) is 0 Å². The third kappa shape index (κ3) is 3.88. The smallest absolute Gasteiger partial charge is 0.279 e. The molecule has 0 aliphatic carbocycles. The van der Waals surface area contributed by atoms with Crippen LogP contribution in [0, 0.1) is 0 Å². The Morgan fingerprint density at radius 1 is 1.08 bits per heavy atom. The molecule has 24 heavy (non-hydrogen) atoms. The summed E-state index contributed by atoms with van der Waals surface area (Å²) in [6, 6.07) is 17.1. The van der Waals surface area contributed by atoms with Crippen LogP contribution < -0.4 is 15.0 Å². The number of ether oxygens (including phenoxy) is 1. The van der Waals surface area contributed by atoms with E-state index in [0.29, 0.717) is 18.0 Å². The summed E-state index contributed by atoms with van der Waals surface area (Å²) in [5, 5.41) is 3.90. The summed E-state index contributed by atoms with van der Waals surface area (Å²) in [6.07, 6.45) is 1.75. The highest BCUT2D eigenvalue weighted by atomic mass is 16.5. The number of fused-ring (bicyclic) bond motifs is 1. The SMILES string of the molecule is C[NH+](C)CC(=O)Nc1ccc(Oc2cccc3cccnc23)cc1. The van der Waals surface area contributed by atoms with E-state index >= 15 is 0 Å². The lowest BCUT2D eigenvalue weighted by atomic mass is 10.2. The van der Waals surface area contributed by atoms with Gasteiger partial charge in [-0.2, -0.15) is 0 Å². The van der Waals surface area contributed by atoms with Crippen molar-refractivity contribution in [2.75, 3.05) is 26.0 Å². The molecule has 0 aliphatic rings. The minimum absolute atomic E-state index is 0.0121. The standard InChI is InChI=1S/C19H19N3O2/c1-22(2)13-18(23)21-15-8-10-16(11-9-15)24-17-7-3-5-14-6-4-12-20-19(14)17/h3-12H,13H2,1-2H3,(H,21,23)/p+1. The first-order valence-electron chi connectivity index (χ1n) is 7.82. The van der Waals surface area contributed by atoms with E-state index in [2.05, 4.69) is 10.3 Å². The van der Waals surface area contributed by atoms with Crippen molar-refractivity contribution in [1.29, 1.82) is 0 Å². The molecule has 0 aliphatic heterocycles. The molecule has 0 bridgehead atoms. The average molecular weight is 322 g/mol. The van der Waals surface area contributed by atoms with E-state index in [9.17, 15) is 4.79 Å². The Balaban J connectivity index is 1.73. The second kappa shape index (κ2) is 7.10. The molecular formula is C19H20N3O2+. The molecule has 1 aromatic heterocycles. The van der Waals surface area contributed by atoms with Crippen molar-refractivity contribution in [3.8, 4) is 11.5 Å². The Morgan fingerprint density at radius 2 is 1.83 bits per heavy atom. The van der Waals surface area contributed by atoms with Crippen LogP contribution in [-0.4, -0.2) is 31.5 Å². The third-order valence-corrected chi connectivity index (χ3v) is 3.48. The number of likely N-dealkylation sites (N-methyl/N-ethyl adjacent to an activating group) is 1. The van der Waals surface area contributed by atoms with Crippen molar-refractivity contribution in [2.24, 2.45) is 0 Å². The maximum Gasteiger partial charge on any atom is 0.279 e. The van der Waals surface area contributed by atoms with Crippen LogP contribution in [0.4, 0.5) is 5.69 Å². The lowest BCUT2D eigenvalue weighted by molar-refractivity contribution is -0.849. The number of benzene rings is 2. The van der Waals surface area contributed by atoms with Crippen molar-refractivity contribution in [1.82, 2.24) is 4.98 Å².